The van der Waals surface area contributed by atoms with E-state index in [2.05, 4.69) is 17.6 Å². The Balaban J connectivity index is 1.98. The highest BCUT2D eigenvalue weighted by atomic mass is 32.2. The summed E-state index contributed by atoms with van der Waals surface area (Å²) >= 11 is 1.75. The van der Waals surface area contributed by atoms with Crippen molar-refractivity contribution in [2.75, 3.05) is 19.6 Å². The maximum atomic E-state index is 5.58. The molecule has 1 aromatic carbocycles. The van der Waals surface area contributed by atoms with Gasteiger partial charge in [0, 0.05) is 6.04 Å². The molecule has 1 saturated heterocycles. The van der Waals surface area contributed by atoms with Gasteiger partial charge in [-0.05, 0) is 37.3 Å². The van der Waals surface area contributed by atoms with Crippen molar-refractivity contribution in [1.29, 1.82) is 0 Å². The SMILES string of the molecule is CSc1c(C2CCCCN2)ccc2c1OCO2. The van der Waals surface area contributed by atoms with Crippen molar-refractivity contribution >= 4 is 11.8 Å². The molecule has 0 aliphatic carbocycles. The van der Waals surface area contributed by atoms with Gasteiger partial charge >= 0.3 is 0 Å². The molecule has 17 heavy (non-hydrogen) atoms. The summed E-state index contributed by atoms with van der Waals surface area (Å²) in [7, 11) is 0. The fourth-order valence-corrected chi connectivity index (χ4v) is 3.36. The highest BCUT2D eigenvalue weighted by Crippen LogP contribution is 2.45. The molecule has 0 amide bonds. The van der Waals surface area contributed by atoms with Crippen molar-refractivity contribution < 1.29 is 9.47 Å². The zero-order valence-corrected chi connectivity index (χ0v) is 10.8. The van der Waals surface area contributed by atoms with Gasteiger partial charge in [0.25, 0.3) is 0 Å². The van der Waals surface area contributed by atoms with Crippen molar-refractivity contribution in [2.45, 2.75) is 30.2 Å². The van der Waals surface area contributed by atoms with Crippen LogP contribution in [-0.4, -0.2) is 19.6 Å². The number of hydrogen-bond acceptors (Lipinski definition) is 4. The molecule has 1 aromatic rings. The van der Waals surface area contributed by atoms with Crippen LogP contribution >= 0.6 is 11.8 Å². The second-order valence-electron chi connectivity index (χ2n) is 4.42. The molecule has 3 nitrogen and oxygen atoms in total. The number of rotatable bonds is 2. The molecule has 3 rings (SSSR count). The van der Waals surface area contributed by atoms with Gasteiger partial charge in [-0.3, -0.25) is 0 Å². The van der Waals surface area contributed by atoms with Crippen molar-refractivity contribution in [2.24, 2.45) is 0 Å². The number of hydrogen-bond donors (Lipinski definition) is 1. The molecule has 0 radical (unpaired) electrons. The third-order valence-corrected chi connectivity index (χ3v) is 4.24. The van der Waals surface area contributed by atoms with E-state index < -0.39 is 0 Å². The molecule has 92 valence electrons. The van der Waals surface area contributed by atoms with E-state index in [0.717, 1.165) is 18.0 Å². The first-order valence-corrected chi connectivity index (χ1v) is 7.32. The maximum Gasteiger partial charge on any atom is 0.231 e. The Labute approximate surface area is 106 Å². The molecule has 1 unspecified atom stereocenters. The summed E-state index contributed by atoms with van der Waals surface area (Å²) in [6, 6.07) is 4.69. The molecule has 0 aromatic heterocycles. The normalized spacial score (nSPS) is 22.8. The minimum absolute atomic E-state index is 0.352. The van der Waals surface area contributed by atoms with Gasteiger partial charge in [-0.1, -0.05) is 12.5 Å². The van der Waals surface area contributed by atoms with E-state index in [1.165, 1.54) is 29.7 Å². The molecule has 0 saturated carbocycles. The van der Waals surface area contributed by atoms with E-state index in [9.17, 15) is 0 Å². The lowest BCUT2D eigenvalue weighted by atomic mass is 9.97. The third-order valence-electron chi connectivity index (χ3n) is 3.41. The Morgan fingerprint density at radius 2 is 2.24 bits per heavy atom. The Hall–Kier alpha value is -0.870. The van der Waals surface area contributed by atoms with Gasteiger partial charge in [-0.25, -0.2) is 0 Å². The van der Waals surface area contributed by atoms with Crippen molar-refractivity contribution in [3.05, 3.63) is 17.7 Å². The van der Waals surface area contributed by atoms with Crippen LogP contribution in [0.25, 0.3) is 0 Å². The van der Waals surface area contributed by atoms with Crippen LogP contribution in [0.4, 0.5) is 0 Å². The zero-order chi connectivity index (χ0) is 11.7. The summed E-state index contributed by atoms with van der Waals surface area (Å²) in [4.78, 5) is 1.24. The second-order valence-corrected chi connectivity index (χ2v) is 5.24. The standard InChI is InChI=1S/C13H17NO2S/c1-17-13-9(10-4-2-3-7-14-10)5-6-11-12(13)16-8-15-11/h5-6,10,14H,2-4,7-8H2,1H3. The molecule has 2 aliphatic rings. The Morgan fingerprint density at radius 1 is 1.29 bits per heavy atom. The number of benzene rings is 1. The first-order chi connectivity index (χ1) is 8.40. The van der Waals surface area contributed by atoms with Crippen LogP contribution in [0.15, 0.2) is 17.0 Å². The summed E-state index contributed by atoms with van der Waals surface area (Å²) in [5, 5.41) is 3.59. The average molecular weight is 251 g/mol. The number of fused-ring (bicyclic) bond motifs is 1. The topological polar surface area (TPSA) is 30.5 Å². The lowest BCUT2D eigenvalue weighted by Crippen LogP contribution is -2.27. The third kappa shape index (κ3) is 2.00. The van der Waals surface area contributed by atoms with Crippen LogP contribution in [-0.2, 0) is 0 Å². The molecule has 1 N–H and O–H groups in total. The van der Waals surface area contributed by atoms with Crippen molar-refractivity contribution in [3.63, 3.8) is 0 Å². The minimum atomic E-state index is 0.352. The minimum Gasteiger partial charge on any atom is -0.454 e. The van der Waals surface area contributed by atoms with Crippen LogP contribution in [0.5, 0.6) is 11.5 Å². The highest BCUT2D eigenvalue weighted by molar-refractivity contribution is 7.98. The lowest BCUT2D eigenvalue weighted by Gasteiger charge is -2.25. The van der Waals surface area contributed by atoms with Crippen LogP contribution in [0.3, 0.4) is 0 Å². The molecule has 0 spiro atoms. The Morgan fingerprint density at radius 3 is 3.00 bits per heavy atom. The summed E-state index contributed by atoms with van der Waals surface area (Å²) in [6.45, 7) is 1.47. The van der Waals surface area contributed by atoms with Gasteiger partial charge in [0.2, 0.25) is 6.79 Å². The van der Waals surface area contributed by atoms with Gasteiger partial charge in [0.15, 0.2) is 11.5 Å². The molecule has 4 heteroatoms. The fraction of sp³-hybridized carbons (Fsp3) is 0.538. The van der Waals surface area contributed by atoms with E-state index in [1.54, 1.807) is 11.8 Å². The Kier molecular flexibility index (Phi) is 3.16. The maximum absolute atomic E-state index is 5.58. The molecule has 0 bridgehead atoms. The predicted octanol–water partition coefficient (Wildman–Crippen LogP) is 2.95. The number of nitrogens with one attached hydrogen (secondary N) is 1. The largest absolute Gasteiger partial charge is 0.454 e. The molecule has 2 heterocycles. The molecule has 1 fully saturated rings. The van der Waals surface area contributed by atoms with E-state index in [0.29, 0.717) is 12.8 Å². The van der Waals surface area contributed by atoms with E-state index >= 15 is 0 Å². The molecular weight excluding hydrogens is 234 g/mol. The van der Waals surface area contributed by atoms with Gasteiger partial charge in [0.1, 0.15) is 0 Å². The quantitative estimate of drug-likeness (QED) is 0.819. The van der Waals surface area contributed by atoms with E-state index in [4.69, 9.17) is 9.47 Å². The molecular formula is C13H17NO2S. The Bertz CT molecular complexity index is 416. The summed E-state index contributed by atoms with van der Waals surface area (Å²) in [5.41, 5.74) is 1.36. The van der Waals surface area contributed by atoms with Crippen LogP contribution in [0.1, 0.15) is 30.9 Å². The van der Waals surface area contributed by atoms with Crippen LogP contribution in [0.2, 0.25) is 0 Å². The van der Waals surface area contributed by atoms with Crippen molar-refractivity contribution in [3.8, 4) is 11.5 Å². The predicted molar refractivity (Wildman–Crippen MR) is 68.9 cm³/mol. The first-order valence-electron chi connectivity index (χ1n) is 6.10. The highest BCUT2D eigenvalue weighted by Gasteiger charge is 2.25. The van der Waals surface area contributed by atoms with Crippen LogP contribution < -0.4 is 14.8 Å². The lowest BCUT2D eigenvalue weighted by molar-refractivity contribution is 0.172. The van der Waals surface area contributed by atoms with Gasteiger partial charge in [0.05, 0.1) is 4.90 Å². The zero-order valence-electron chi connectivity index (χ0n) is 9.99. The van der Waals surface area contributed by atoms with Crippen molar-refractivity contribution in [1.82, 2.24) is 5.32 Å². The summed E-state index contributed by atoms with van der Waals surface area (Å²) in [5.74, 6) is 1.82. The molecule has 1 atom stereocenters. The number of ether oxygens (including phenoxy) is 2. The van der Waals surface area contributed by atoms with E-state index in [1.807, 2.05) is 6.07 Å². The smallest absolute Gasteiger partial charge is 0.231 e. The average Bonchev–Trinajstić information content (AvgIpc) is 2.86. The fourth-order valence-electron chi connectivity index (χ4n) is 2.56. The first kappa shape index (κ1) is 11.2. The monoisotopic (exact) mass is 251 g/mol. The summed E-state index contributed by atoms with van der Waals surface area (Å²) < 4.78 is 11.0. The second kappa shape index (κ2) is 4.78. The molecule has 2 aliphatic heterocycles. The van der Waals surface area contributed by atoms with Gasteiger partial charge < -0.3 is 14.8 Å². The van der Waals surface area contributed by atoms with Crippen LogP contribution in [0, 0.1) is 0 Å². The number of piperidine rings is 1. The van der Waals surface area contributed by atoms with E-state index in [-0.39, 0.29) is 0 Å². The number of thioether (sulfide) groups is 1. The van der Waals surface area contributed by atoms with Gasteiger partial charge in [-0.15, -0.1) is 11.8 Å². The summed E-state index contributed by atoms with van der Waals surface area (Å²) in [6.07, 6.45) is 5.91. The van der Waals surface area contributed by atoms with Gasteiger partial charge in [-0.2, -0.15) is 0 Å².